The Labute approximate surface area is 110 Å². The molecule has 0 fully saturated rings. The molecule has 5 nitrogen and oxygen atoms in total. The van der Waals surface area contributed by atoms with Crippen molar-refractivity contribution >= 4 is 17.3 Å². The molecule has 0 bridgehead atoms. The van der Waals surface area contributed by atoms with Gasteiger partial charge < -0.3 is 19.2 Å². The van der Waals surface area contributed by atoms with E-state index in [1.165, 1.54) is 0 Å². The van der Waals surface area contributed by atoms with Gasteiger partial charge >= 0.3 is 5.97 Å². The molecule has 0 atom stereocenters. The fourth-order valence-corrected chi connectivity index (χ4v) is 1.96. The van der Waals surface area contributed by atoms with Crippen LogP contribution < -0.4 is 0 Å². The van der Waals surface area contributed by atoms with Crippen molar-refractivity contribution in [3.63, 3.8) is 0 Å². The maximum Gasteiger partial charge on any atom is 0.383 e. The van der Waals surface area contributed by atoms with E-state index >= 15 is 0 Å². The molecule has 0 spiro atoms. The lowest BCUT2D eigenvalue weighted by atomic mass is 10.1. The van der Waals surface area contributed by atoms with Crippen LogP contribution in [0.5, 0.6) is 0 Å². The van der Waals surface area contributed by atoms with Crippen LogP contribution in [0.4, 0.5) is 0 Å². The molecule has 0 unspecified atom stereocenters. The van der Waals surface area contributed by atoms with Gasteiger partial charge in [0.1, 0.15) is 5.76 Å². The molecule has 1 N–H and O–H groups in total. The quantitative estimate of drug-likeness (QED) is 0.826. The number of furan rings is 1. The molecule has 3 heterocycles. The average Bonchev–Trinajstić information content (AvgIpc) is 2.87. The van der Waals surface area contributed by atoms with Crippen LogP contribution in [0.1, 0.15) is 18.4 Å². The summed E-state index contributed by atoms with van der Waals surface area (Å²) in [7, 11) is 2.02. The third-order valence-electron chi connectivity index (χ3n) is 3.27. The summed E-state index contributed by atoms with van der Waals surface area (Å²) in [5, 5.41) is 9.34. The van der Waals surface area contributed by atoms with Crippen molar-refractivity contribution in [2.75, 3.05) is 13.6 Å². The SMILES string of the molecule is CC1=CC(c2ccc(C3=C(O)C(=O)O3)o2)=CCN1C. The van der Waals surface area contributed by atoms with Crippen molar-refractivity contribution in [1.29, 1.82) is 0 Å². The van der Waals surface area contributed by atoms with Crippen molar-refractivity contribution in [2.45, 2.75) is 6.92 Å². The summed E-state index contributed by atoms with van der Waals surface area (Å²) >= 11 is 0. The Morgan fingerprint density at radius 3 is 2.68 bits per heavy atom. The Hall–Kier alpha value is -2.43. The van der Waals surface area contributed by atoms with Crippen molar-refractivity contribution in [1.82, 2.24) is 4.90 Å². The molecule has 5 heteroatoms. The number of cyclic esters (lactones) is 1. The maximum absolute atomic E-state index is 10.8. The monoisotopic (exact) mass is 259 g/mol. The van der Waals surface area contributed by atoms with E-state index in [1.807, 2.05) is 20.0 Å². The van der Waals surface area contributed by atoms with E-state index in [0.717, 1.165) is 17.8 Å². The highest BCUT2D eigenvalue weighted by Crippen LogP contribution is 2.32. The first-order chi connectivity index (χ1) is 9.06. The first-order valence-electron chi connectivity index (χ1n) is 5.92. The molecule has 0 amide bonds. The first kappa shape index (κ1) is 11.6. The number of allylic oxidation sites excluding steroid dienone is 3. The van der Waals surface area contributed by atoms with Crippen molar-refractivity contribution < 1.29 is 19.1 Å². The van der Waals surface area contributed by atoms with Crippen LogP contribution in [0, 0.1) is 0 Å². The Morgan fingerprint density at radius 1 is 1.32 bits per heavy atom. The fourth-order valence-electron chi connectivity index (χ4n) is 1.96. The topological polar surface area (TPSA) is 62.9 Å². The van der Waals surface area contributed by atoms with E-state index in [0.29, 0.717) is 11.5 Å². The van der Waals surface area contributed by atoms with Crippen LogP contribution in [-0.2, 0) is 9.53 Å². The van der Waals surface area contributed by atoms with Crippen molar-refractivity contribution in [3.05, 3.63) is 47.3 Å². The fraction of sp³-hybridized carbons (Fsp3) is 0.214. The van der Waals surface area contributed by atoms with Gasteiger partial charge in [-0.05, 0) is 25.1 Å². The molecule has 0 radical (unpaired) electrons. The number of rotatable bonds is 2. The second-order valence-electron chi connectivity index (χ2n) is 4.56. The lowest BCUT2D eigenvalue weighted by Crippen LogP contribution is -2.20. The lowest BCUT2D eigenvalue weighted by Gasteiger charge is -2.22. The van der Waals surface area contributed by atoms with Gasteiger partial charge in [0.15, 0.2) is 5.76 Å². The van der Waals surface area contributed by atoms with E-state index in [4.69, 9.17) is 9.15 Å². The summed E-state index contributed by atoms with van der Waals surface area (Å²) in [6.45, 7) is 2.84. The van der Waals surface area contributed by atoms with Gasteiger partial charge in [0.25, 0.3) is 0 Å². The second kappa shape index (κ2) is 4.05. The zero-order valence-electron chi connectivity index (χ0n) is 10.6. The van der Waals surface area contributed by atoms with Crippen LogP contribution >= 0.6 is 0 Å². The molecule has 0 saturated carbocycles. The summed E-state index contributed by atoms with van der Waals surface area (Å²) < 4.78 is 10.3. The van der Waals surface area contributed by atoms with Crippen molar-refractivity contribution in [2.24, 2.45) is 0 Å². The number of carbonyl (C=O) groups excluding carboxylic acids is 1. The third-order valence-corrected chi connectivity index (χ3v) is 3.27. The Kier molecular flexibility index (Phi) is 2.48. The number of nitrogens with zero attached hydrogens (tertiary/aromatic N) is 1. The number of carbonyl (C=O) groups is 1. The molecule has 1 aromatic heterocycles. The minimum absolute atomic E-state index is 0.102. The molecular weight excluding hydrogens is 246 g/mol. The second-order valence-corrected chi connectivity index (χ2v) is 4.56. The normalized spacial score (nSPS) is 18.8. The number of aliphatic hydroxyl groups is 1. The maximum atomic E-state index is 10.8. The molecule has 1 aromatic rings. The highest BCUT2D eigenvalue weighted by molar-refractivity contribution is 6.03. The van der Waals surface area contributed by atoms with E-state index < -0.39 is 5.97 Å². The van der Waals surface area contributed by atoms with Gasteiger partial charge in [0.2, 0.25) is 11.5 Å². The summed E-state index contributed by atoms with van der Waals surface area (Å²) in [6, 6.07) is 3.47. The molecule has 0 saturated heterocycles. The van der Waals surface area contributed by atoms with Gasteiger partial charge in [0.05, 0.1) is 0 Å². The van der Waals surface area contributed by atoms with Crippen LogP contribution in [-0.4, -0.2) is 29.6 Å². The first-order valence-corrected chi connectivity index (χ1v) is 5.92. The number of esters is 1. The number of hydrogen-bond donors (Lipinski definition) is 1. The smallest absolute Gasteiger partial charge is 0.383 e. The standard InChI is InChI=1S/C14H13NO4/c1-8-7-9(5-6-15(8)2)10-3-4-11(18-10)13-12(16)14(17)19-13/h3-5,7,16H,6H2,1-2H3. The van der Waals surface area contributed by atoms with Gasteiger partial charge in [0, 0.05) is 24.9 Å². The van der Waals surface area contributed by atoms with E-state index in [2.05, 4.69) is 11.0 Å². The lowest BCUT2D eigenvalue weighted by molar-refractivity contribution is -0.140. The predicted octanol–water partition coefficient (Wildman–Crippen LogP) is 2.30. The Balaban J connectivity index is 1.90. The van der Waals surface area contributed by atoms with Crippen LogP contribution in [0.25, 0.3) is 11.3 Å². The number of ether oxygens (including phenoxy) is 1. The highest BCUT2D eigenvalue weighted by Gasteiger charge is 2.33. The Bertz CT molecular complexity index is 648. The van der Waals surface area contributed by atoms with Crippen LogP contribution in [0.2, 0.25) is 0 Å². The molecule has 2 aliphatic rings. The van der Waals surface area contributed by atoms with Crippen LogP contribution in [0.3, 0.4) is 0 Å². The highest BCUT2D eigenvalue weighted by atomic mass is 16.6. The van der Waals surface area contributed by atoms with E-state index in [-0.39, 0.29) is 11.5 Å². The Morgan fingerprint density at radius 2 is 2.05 bits per heavy atom. The molecule has 0 aromatic carbocycles. The summed E-state index contributed by atoms with van der Waals surface area (Å²) in [4.78, 5) is 12.9. The molecular formula is C14H13NO4. The average molecular weight is 259 g/mol. The van der Waals surface area contributed by atoms with Gasteiger partial charge in [-0.15, -0.1) is 0 Å². The molecule has 19 heavy (non-hydrogen) atoms. The van der Waals surface area contributed by atoms with Gasteiger partial charge in [-0.1, -0.05) is 6.08 Å². The minimum Gasteiger partial charge on any atom is -0.499 e. The minimum atomic E-state index is -0.720. The summed E-state index contributed by atoms with van der Waals surface area (Å²) in [5.41, 5.74) is 2.13. The van der Waals surface area contributed by atoms with Gasteiger partial charge in [-0.3, -0.25) is 0 Å². The van der Waals surface area contributed by atoms with Gasteiger partial charge in [-0.25, -0.2) is 4.79 Å². The third kappa shape index (κ3) is 1.83. The number of aliphatic hydroxyl groups excluding tert-OH is 1. The van der Waals surface area contributed by atoms with Crippen LogP contribution in [0.15, 0.2) is 40.2 Å². The van der Waals surface area contributed by atoms with Crippen molar-refractivity contribution in [3.8, 4) is 0 Å². The molecule has 98 valence electrons. The number of hydrogen-bond acceptors (Lipinski definition) is 5. The van der Waals surface area contributed by atoms with E-state index in [9.17, 15) is 9.90 Å². The van der Waals surface area contributed by atoms with E-state index in [1.54, 1.807) is 12.1 Å². The zero-order chi connectivity index (χ0) is 13.6. The predicted molar refractivity (Wildman–Crippen MR) is 68.7 cm³/mol. The largest absolute Gasteiger partial charge is 0.499 e. The van der Waals surface area contributed by atoms with Gasteiger partial charge in [-0.2, -0.15) is 0 Å². The molecule has 3 rings (SSSR count). The zero-order valence-corrected chi connectivity index (χ0v) is 10.6. The molecule has 2 aliphatic heterocycles. The number of likely N-dealkylation sites (N-methyl/N-ethyl adjacent to an activating group) is 1. The summed E-state index contributed by atoms with van der Waals surface area (Å²) in [6.07, 6.45) is 4.07. The summed E-state index contributed by atoms with van der Waals surface area (Å²) in [5.74, 6) is 0.0429. The molecule has 0 aliphatic carbocycles.